The van der Waals surface area contributed by atoms with E-state index in [0.717, 1.165) is 35.4 Å². The molecular weight excluding hydrogens is 324 g/mol. The lowest BCUT2D eigenvalue weighted by molar-refractivity contribution is -0.230. The third kappa shape index (κ3) is 2.09. The van der Waals surface area contributed by atoms with Crippen LogP contribution in [0.2, 0.25) is 0 Å². The number of hydrogen-bond acceptors (Lipinski definition) is 7. The molecule has 4 heterocycles. The molecular formula is C18H16N2O5. The Hall–Kier alpha value is -2.80. The zero-order valence-electron chi connectivity index (χ0n) is 13.3. The molecule has 1 N–H and O–H groups in total. The van der Waals surface area contributed by atoms with Gasteiger partial charge in [0.2, 0.25) is 0 Å². The molecule has 25 heavy (non-hydrogen) atoms. The summed E-state index contributed by atoms with van der Waals surface area (Å²) in [4.78, 5) is 26.1. The zero-order chi connectivity index (χ0) is 17.0. The molecule has 1 aromatic heterocycles. The topological polar surface area (TPSA) is 81.0 Å². The average molecular weight is 340 g/mol. The van der Waals surface area contributed by atoms with Crippen molar-refractivity contribution in [3.8, 4) is 0 Å². The standard InChI is InChI=1S/C18H16N2O5/c21-16-3-4-17(22)25-18(24-16)14-9-19-8-12(14)10-20(18)13-1-2-15-11(7-13)5-6-23-15/h1-7,12,14,19H,8-10H2. The molecule has 2 aromatic rings. The summed E-state index contributed by atoms with van der Waals surface area (Å²) in [7, 11) is 0. The number of carbonyl (C=O) groups excluding carboxylic acids is 2. The number of anilines is 1. The van der Waals surface area contributed by atoms with Crippen molar-refractivity contribution < 1.29 is 23.5 Å². The Morgan fingerprint density at radius 3 is 2.68 bits per heavy atom. The summed E-state index contributed by atoms with van der Waals surface area (Å²) in [5, 5.41) is 4.24. The summed E-state index contributed by atoms with van der Waals surface area (Å²) in [6.45, 7) is 2.04. The van der Waals surface area contributed by atoms with Gasteiger partial charge in [-0.3, -0.25) is 4.90 Å². The highest BCUT2D eigenvalue weighted by atomic mass is 16.8. The van der Waals surface area contributed by atoms with Crippen LogP contribution in [-0.4, -0.2) is 37.5 Å². The third-order valence-corrected chi connectivity index (χ3v) is 5.20. The maximum absolute atomic E-state index is 12.1. The van der Waals surface area contributed by atoms with E-state index in [4.69, 9.17) is 13.9 Å². The first-order chi connectivity index (χ1) is 12.2. The summed E-state index contributed by atoms with van der Waals surface area (Å²) in [6.07, 6.45) is 3.86. The van der Waals surface area contributed by atoms with Gasteiger partial charge in [-0.15, -0.1) is 0 Å². The van der Waals surface area contributed by atoms with Crippen LogP contribution in [0.1, 0.15) is 0 Å². The molecule has 7 nitrogen and oxygen atoms in total. The fraction of sp³-hybridized carbons (Fsp3) is 0.333. The van der Waals surface area contributed by atoms with Gasteiger partial charge in [-0.25, -0.2) is 9.59 Å². The first-order valence-electron chi connectivity index (χ1n) is 8.25. The Labute approximate surface area is 143 Å². The van der Waals surface area contributed by atoms with Crippen LogP contribution in [0.5, 0.6) is 0 Å². The highest BCUT2D eigenvalue weighted by Gasteiger charge is 2.62. The maximum Gasteiger partial charge on any atom is 0.347 e. The molecule has 0 radical (unpaired) electrons. The number of hydrogen-bond donors (Lipinski definition) is 1. The SMILES string of the molecule is O=C1C=CC(=O)OC2(O1)C1CNCC1CN2c1ccc2occc2c1. The summed E-state index contributed by atoms with van der Waals surface area (Å²) in [6, 6.07) is 7.58. The van der Waals surface area contributed by atoms with E-state index in [1.54, 1.807) is 6.26 Å². The number of ether oxygens (including phenoxy) is 2. The number of rotatable bonds is 1. The van der Waals surface area contributed by atoms with E-state index >= 15 is 0 Å². The van der Waals surface area contributed by atoms with Crippen LogP contribution in [0.4, 0.5) is 5.69 Å². The van der Waals surface area contributed by atoms with Crippen LogP contribution < -0.4 is 10.2 Å². The number of nitrogens with zero attached hydrogens (tertiary/aromatic N) is 1. The molecule has 3 aliphatic rings. The Kier molecular flexibility index (Phi) is 2.96. The van der Waals surface area contributed by atoms with Crippen LogP contribution in [0.15, 0.2) is 47.1 Å². The van der Waals surface area contributed by atoms with E-state index in [1.807, 2.05) is 29.2 Å². The number of benzene rings is 1. The minimum absolute atomic E-state index is 0.125. The highest BCUT2D eigenvalue weighted by molar-refractivity contribution is 5.94. The zero-order valence-corrected chi connectivity index (χ0v) is 13.3. The molecule has 2 atom stereocenters. The summed E-state index contributed by atoms with van der Waals surface area (Å²) in [5.41, 5.74) is 1.60. The van der Waals surface area contributed by atoms with E-state index < -0.39 is 17.8 Å². The predicted octanol–water partition coefficient (Wildman–Crippen LogP) is 1.40. The lowest BCUT2D eigenvalue weighted by Gasteiger charge is -2.39. The second-order valence-electron chi connectivity index (χ2n) is 6.58. The van der Waals surface area contributed by atoms with Crippen LogP contribution in [0, 0.1) is 11.8 Å². The van der Waals surface area contributed by atoms with Crippen molar-refractivity contribution in [3.63, 3.8) is 0 Å². The molecule has 5 rings (SSSR count). The monoisotopic (exact) mass is 340 g/mol. The second-order valence-corrected chi connectivity index (χ2v) is 6.58. The fourth-order valence-electron chi connectivity index (χ4n) is 4.10. The molecule has 2 unspecified atom stereocenters. The number of carbonyl (C=O) groups is 2. The molecule has 2 fully saturated rings. The molecule has 0 amide bonds. The van der Waals surface area contributed by atoms with Gasteiger partial charge in [0, 0.05) is 48.8 Å². The first kappa shape index (κ1) is 14.5. The lowest BCUT2D eigenvalue weighted by Crippen LogP contribution is -2.55. The van der Waals surface area contributed by atoms with E-state index in [0.29, 0.717) is 13.1 Å². The van der Waals surface area contributed by atoms with Crippen molar-refractivity contribution >= 4 is 28.6 Å². The third-order valence-electron chi connectivity index (χ3n) is 5.20. The number of nitrogens with one attached hydrogen (secondary N) is 1. The molecule has 3 aliphatic heterocycles. The second kappa shape index (κ2) is 5.10. The lowest BCUT2D eigenvalue weighted by atomic mass is 9.97. The van der Waals surface area contributed by atoms with Crippen molar-refractivity contribution in [1.82, 2.24) is 5.32 Å². The van der Waals surface area contributed by atoms with Gasteiger partial charge in [-0.05, 0) is 24.3 Å². The minimum Gasteiger partial charge on any atom is -0.464 e. The van der Waals surface area contributed by atoms with E-state index in [-0.39, 0.29) is 11.8 Å². The van der Waals surface area contributed by atoms with Crippen LogP contribution in [-0.2, 0) is 19.1 Å². The highest BCUT2D eigenvalue weighted by Crippen LogP contribution is 2.46. The molecule has 0 aliphatic carbocycles. The van der Waals surface area contributed by atoms with Gasteiger partial charge >= 0.3 is 17.8 Å². The van der Waals surface area contributed by atoms with Gasteiger partial charge in [0.15, 0.2) is 0 Å². The van der Waals surface area contributed by atoms with E-state index in [1.165, 1.54) is 0 Å². The summed E-state index contributed by atoms with van der Waals surface area (Å²) in [5.74, 6) is -2.48. The minimum atomic E-state index is -1.43. The molecule has 7 heteroatoms. The van der Waals surface area contributed by atoms with Crippen molar-refractivity contribution in [2.75, 3.05) is 24.5 Å². The molecule has 2 saturated heterocycles. The van der Waals surface area contributed by atoms with Crippen LogP contribution in [0.25, 0.3) is 11.0 Å². The first-order valence-corrected chi connectivity index (χ1v) is 8.25. The van der Waals surface area contributed by atoms with Crippen LogP contribution in [0.3, 0.4) is 0 Å². The Balaban J connectivity index is 1.63. The number of fused-ring (bicyclic) bond motifs is 3. The van der Waals surface area contributed by atoms with E-state index in [2.05, 4.69) is 5.32 Å². The Bertz CT molecular complexity index is 882. The van der Waals surface area contributed by atoms with Gasteiger partial charge in [-0.2, -0.15) is 0 Å². The Morgan fingerprint density at radius 2 is 1.88 bits per heavy atom. The normalized spacial score (nSPS) is 27.4. The summed E-state index contributed by atoms with van der Waals surface area (Å²) < 4.78 is 16.8. The van der Waals surface area contributed by atoms with Gasteiger partial charge in [0.05, 0.1) is 12.2 Å². The smallest absolute Gasteiger partial charge is 0.347 e. The summed E-state index contributed by atoms with van der Waals surface area (Å²) >= 11 is 0. The Morgan fingerprint density at radius 1 is 1.08 bits per heavy atom. The molecule has 128 valence electrons. The fourth-order valence-corrected chi connectivity index (χ4v) is 4.10. The number of esters is 2. The maximum atomic E-state index is 12.1. The van der Waals surface area contributed by atoms with Crippen molar-refractivity contribution in [2.24, 2.45) is 11.8 Å². The molecule has 1 spiro atoms. The van der Waals surface area contributed by atoms with Gasteiger partial charge in [-0.1, -0.05) is 0 Å². The van der Waals surface area contributed by atoms with Crippen molar-refractivity contribution in [1.29, 1.82) is 0 Å². The van der Waals surface area contributed by atoms with Crippen molar-refractivity contribution in [2.45, 2.75) is 5.91 Å². The number of furan rings is 1. The van der Waals surface area contributed by atoms with E-state index in [9.17, 15) is 9.59 Å². The van der Waals surface area contributed by atoms with Gasteiger partial charge in [0.25, 0.3) is 0 Å². The van der Waals surface area contributed by atoms with Gasteiger partial charge < -0.3 is 19.2 Å². The average Bonchev–Trinajstić information content (AvgIpc) is 3.27. The van der Waals surface area contributed by atoms with Crippen molar-refractivity contribution in [3.05, 3.63) is 42.7 Å². The largest absolute Gasteiger partial charge is 0.464 e. The predicted molar refractivity (Wildman–Crippen MR) is 87.5 cm³/mol. The molecule has 0 bridgehead atoms. The van der Waals surface area contributed by atoms with Gasteiger partial charge in [0.1, 0.15) is 5.58 Å². The van der Waals surface area contributed by atoms with Crippen LogP contribution >= 0.6 is 0 Å². The molecule has 1 aromatic carbocycles. The molecule has 0 saturated carbocycles. The quantitative estimate of drug-likeness (QED) is 0.786.